The molecule has 0 unspecified atom stereocenters. The first-order valence-electron chi connectivity index (χ1n) is 6.26. The van der Waals surface area contributed by atoms with Gasteiger partial charge in [-0.3, -0.25) is 19.1 Å². The Morgan fingerprint density at radius 3 is 2.57 bits per heavy atom. The van der Waals surface area contributed by atoms with E-state index in [2.05, 4.69) is 0 Å². The second kappa shape index (κ2) is 6.41. The fourth-order valence-electron chi connectivity index (χ4n) is 1.75. The zero-order valence-corrected chi connectivity index (χ0v) is 12.0. The van der Waals surface area contributed by atoms with Crippen LogP contribution >= 0.6 is 11.6 Å². The van der Waals surface area contributed by atoms with Gasteiger partial charge in [-0.2, -0.15) is 0 Å². The van der Waals surface area contributed by atoms with Crippen LogP contribution in [0.25, 0.3) is 0 Å². The molecule has 21 heavy (non-hydrogen) atoms. The fraction of sp³-hybridized carbons (Fsp3) is 0.214. The van der Waals surface area contributed by atoms with Crippen LogP contribution in [0.4, 0.5) is 0 Å². The van der Waals surface area contributed by atoms with Crippen LogP contribution in [0.2, 0.25) is 5.02 Å². The van der Waals surface area contributed by atoms with E-state index >= 15 is 0 Å². The molecule has 0 saturated heterocycles. The Labute approximate surface area is 124 Å². The number of ketones is 1. The predicted octanol–water partition coefficient (Wildman–Crippen LogP) is 1.47. The van der Waals surface area contributed by atoms with Crippen LogP contribution in [0.3, 0.4) is 0 Å². The Balaban J connectivity index is 2.20. The van der Waals surface area contributed by atoms with E-state index in [1.165, 1.54) is 0 Å². The Bertz CT molecular complexity index is 762. The Morgan fingerprint density at radius 2 is 1.95 bits per heavy atom. The van der Waals surface area contributed by atoms with E-state index in [9.17, 15) is 14.4 Å². The maximum atomic E-state index is 12.1. The standard InChI is InChI=1S/C14H13ClN2O4/c1-2-21-10-5-3-9(4-6-10)12(18)8-17-7-11(15)13(19)16-14(17)20/h3-7H,2,8H2,1H3,(H,16,19,20). The van der Waals surface area contributed by atoms with Crippen molar-refractivity contribution in [3.05, 3.63) is 61.9 Å². The first-order valence-corrected chi connectivity index (χ1v) is 6.64. The van der Waals surface area contributed by atoms with Crippen LogP contribution in [-0.4, -0.2) is 21.9 Å². The highest BCUT2D eigenvalue weighted by Gasteiger charge is 2.10. The zero-order chi connectivity index (χ0) is 15.4. The molecule has 0 saturated carbocycles. The third-order valence-electron chi connectivity index (χ3n) is 2.77. The Hall–Kier alpha value is -2.34. The van der Waals surface area contributed by atoms with Crippen molar-refractivity contribution in [1.29, 1.82) is 0 Å². The number of carbonyl (C=O) groups excluding carboxylic acids is 1. The van der Waals surface area contributed by atoms with Crippen molar-refractivity contribution < 1.29 is 9.53 Å². The lowest BCUT2D eigenvalue weighted by Gasteiger charge is -2.06. The highest BCUT2D eigenvalue weighted by Crippen LogP contribution is 2.13. The minimum Gasteiger partial charge on any atom is -0.494 e. The van der Waals surface area contributed by atoms with Gasteiger partial charge in [0, 0.05) is 11.8 Å². The average Bonchev–Trinajstić information content (AvgIpc) is 2.46. The number of H-pyrrole nitrogens is 1. The van der Waals surface area contributed by atoms with Crippen LogP contribution in [0, 0.1) is 0 Å². The quantitative estimate of drug-likeness (QED) is 0.848. The number of halogens is 1. The second-order valence-corrected chi connectivity index (χ2v) is 4.65. The molecule has 0 amide bonds. The third-order valence-corrected chi connectivity index (χ3v) is 3.04. The first kappa shape index (κ1) is 15.1. The highest BCUT2D eigenvalue weighted by atomic mass is 35.5. The monoisotopic (exact) mass is 308 g/mol. The molecule has 0 aliphatic rings. The lowest BCUT2D eigenvalue weighted by atomic mass is 10.1. The van der Waals surface area contributed by atoms with Gasteiger partial charge in [0.05, 0.1) is 13.2 Å². The number of benzene rings is 1. The van der Waals surface area contributed by atoms with Crippen LogP contribution in [-0.2, 0) is 6.54 Å². The molecule has 0 bridgehead atoms. The molecule has 0 atom stereocenters. The molecule has 0 spiro atoms. The topological polar surface area (TPSA) is 81.2 Å². The second-order valence-electron chi connectivity index (χ2n) is 4.24. The molecular formula is C14H13ClN2O4. The van der Waals surface area contributed by atoms with Gasteiger partial charge in [0.15, 0.2) is 5.78 Å². The molecule has 2 aromatic rings. The third kappa shape index (κ3) is 3.61. The summed E-state index contributed by atoms with van der Waals surface area (Å²) in [5, 5.41) is -0.144. The number of hydrogen-bond acceptors (Lipinski definition) is 4. The molecule has 6 nitrogen and oxygen atoms in total. The van der Waals surface area contributed by atoms with Crippen molar-refractivity contribution in [3.63, 3.8) is 0 Å². The van der Waals surface area contributed by atoms with Gasteiger partial charge >= 0.3 is 5.69 Å². The van der Waals surface area contributed by atoms with Gasteiger partial charge in [-0.15, -0.1) is 0 Å². The van der Waals surface area contributed by atoms with E-state index in [-0.39, 0.29) is 17.4 Å². The minimum absolute atomic E-state index is 0.144. The van der Waals surface area contributed by atoms with E-state index in [4.69, 9.17) is 16.3 Å². The van der Waals surface area contributed by atoms with E-state index < -0.39 is 11.2 Å². The smallest absolute Gasteiger partial charge is 0.328 e. The van der Waals surface area contributed by atoms with Gasteiger partial charge in [0.25, 0.3) is 5.56 Å². The number of ether oxygens (including phenoxy) is 1. The van der Waals surface area contributed by atoms with E-state index in [0.717, 1.165) is 10.8 Å². The summed E-state index contributed by atoms with van der Waals surface area (Å²) in [6, 6.07) is 6.59. The predicted molar refractivity (Wildman–Crippen MR) is 78.3 cm³/mol. The summed E-state index contributed by atoms with van der Waals surface area (Å²) in [6.07, 6.45) is 1.15. The van der Waals surface area contributed by atoms with Crippen LogP contribution in [0.5, 0.6) is 5.75 Å². The number of nitrogens with zero attached hydrogens (tertiary/aromatic N) is 1. The molecule has 110 valence electrons. The van der Waals surface area contributed by atoms with Gasteiger partial charge in [-0.25, -0.2) is 4.79 Å². The molecular weight excluding hydrogens is 296 g/mol. The molecule has 1 aromatic carbocycles. The van der Waals surface area contributed by atoms with Gasteiger partial charge < -0.3 is 4.74 Å². The van der Waals surface area contributed by atoms with E-state index in [1.807, 2.05) is 11.9 Å². The summed E-state index contributed by atoms with van der Waals surface area (Å²) in [6.45, 7) is 2.20. The number of aromatic nitrogens is 2. The van der Waals surface area contributed by atoms with Gasteiger partial charge in [0.1, 0.15) is 10.8 Å². The number of hydrogen-bond donors (Lipinski definition) is 1. The van der Waals surface area contributed by atoms with Crippen molar-refractivity contribution >= 4 is 17.4 Å². The summed E-state index contributed by atoms with van der Waals surface area (Å²) in [5.41, 5.74) is -0.914. The maximum absolute atomic E-state index is 12.1. The molecule has 0 aliphatic heterocycles. The van der Waals surface area contributed by atoms with Crippen LogP contribution in [0.1, 0.15) is 17.3 Å². The molecule has 0 aliphatic carbocycles. The number of Topliss-reactive ketones (excluding diaryl/α,β-unsaturated/α-hetero) is 1. The maximum Gasteiger partial charge on any atom is 0.328 e. The Kier molecular flexibility index (Phi) is 4.59. The van der Waals surface area contributed by atoms with E-state index in [1.54, 1.807) is 24.3 Å². The zero-order valence-electron chi connectivity index (χ0n) is 11.3. The fourth-order valence-corrected chi connectivity index (χ4v) is 1.91. The number of nitrogens with one attached hydrogen (secondary N) is 1. The summed E-state index contributed by atoms with van der Waals surface area (Å²) < 4.78 is 6.34. The molecule has 2 rings (SSSR count). The lowest BCUT2D eigenvalue weighted by Crippen LogP contribution is -2.31. The van der Waals surface area contributed by atoms with Gasteiger partial charge in [-0.1, -0.05) is 11.6 Å². The first-order chi connectivity index (χ1) is 10.0. The molecule has 1 aromatic heterocycles. The van der Waals surface area contributed by atoms with Crippen LogP contribution in [0.15, 0.2) is 40.1 Å². The molecule has 0 fully saturated rings. The minimum atomic E-state index is -0.677. The summed E-state index contributed by atoms with van der Waals surface area (Å²) in [4.78, 5) is 36.9. The van der Waals surface area contributed by atoms with Crippen LogP contribution < -0.4 is 16.0 Å². The van der Waals surface area contributed by atoms with Crippen molar-refractivity contribution in [2.75, 3.05) is 6.61 Å². The average molecular weight is 309 g/mol. The van der Waals surface area contributed by atoms with Crippen molar-refractivity contribution in [2.24, 2.45) is 0 Å². The largest absolute Gasteiger partial charge is 0.494 e. The SMILES string of the molecule is CCOc1ccc(C(=O)Cn2cc(Cl)c(=O)[nH]c2=O)cc1. The van der Waals surface area contributed by atoms with Crippen molar-refractivity contribution in [1.82, 2.24) is 9.55 Å². The normalized spacial score (nSPS) is 10.4. The highest BCUT2D eigenvalue weighted by molar-refractivity contribution is 6.30. The number of carbonyl (C=O) groups is 1. The Morgan fingerprint density at radius 1 is 1.29 bits per heavy atom. The van der Waals surface area contributed by atoms with Crippen molar-refractivity contribution in [3.8, 4) is 5.75 Å². The lowest BCUT2D eigenvalue weighted by molar-refractivity contribution is 0.0970. The van der Waals surface area contributed by atoms with Gasteiger partial charge in [-0.05, 0) is 31.2 Å². The van der Waals surface area contributed by atoms with Crippen molar-refractivity contribution in [2.45, 2.75) is 13.5 Å². The molecule has 0 radical (unpaired) electrons. The summed E-state index contributed by atoms with van der Waals surface area (Å²) in [7, 11) is 0. The molecule has 1 heterocycles. The number of aromatic amines is 1. The summed E-state index contributed by atoms with van der Waals surface area (Å²) >= 11 is 5.64. The molecule has 1 N–H and O–H groups in total. The number of rotatable bonds is 5. The molecule has 7 heteroatoms. The summed E-state index contributed by atoms with van der Waals surface area (Å²) in [5.74, 6) is 0.390. The van der Waals surface area contributed by atoms with Gasteiger partial charge in [0.2, 0.25) is 0 Å². The van der Waals surface area contributed by atoms with E-state index in [0.29, 0.717) is 17.9 Å².